The summed E-state index contributed by atoms with van der Waals surface area (Å²) in [5.74, 6) is -0.969. The van der Waals surface area contributed by atoms with Crippen LogP contribution < -0.4 is 25.8 Å². The van der Waals surface area contributed by atoms with Crippen molar-refractivity contribution in [1.82, 2.24) is 10.6 Å². The van der Waals surface area contributed by atoms with Crippen LogP contribution in [0.15, 0.2) is 122 Å². The Morgan fingerprint density at radius 3 is 1.98 bits per heavy atom. The molecule has 0 saturated heterocycles. The van der Waals surface area contributed by atoms with E-state index in [4.69, 9.17) is 19.9 Å². The molecular formula is C37H37N3O6. The van der Waals surface area contributed by atoms with E-state index in [-0.39, 0.29) is 11.4 Å². The minimum Gasteiger partial charge on any atom is -0.489 e. The van der Waals surface area contributed by atoms with Gasteiger partial charge in [-0.2, -0.15) is 0 Å². The highest BCUT2D eigenvalue weighted by Gasteiger charge is 2.21. The number of hydrogen-bond donors (Lipinski definition) is 3. The molecule has 0 atom stereocenters. The molecule has 0 bridgehead atoms. The van der Waals surface area contributed by atoms with E-state index in [2.05, 4.69) is 23.8 Å². The van der Waals surface area contributed by atoms with Crippen molar-refractivity contribution in [2.24, 2.45) is 5.73 Å². The highest BCUT2D eigenvalue weighted by Crippen LogP contribution is 2.45. The van der Waals surface area contributed by atoms with Gasteiger partial charge in [0.05, 0.1) is 7.11 Å². The number of nitrogens with two attached hydrogens (primary N) is 1. The molecule has 0 radical (unpaired) electrons. The van der Waals surface area contributed by atoms with E-state index in [1.165, 1.54) is 19.3 Å². The number of fused-ring (bicyclic) bond motifs is 2. The molecular weight excluding hydrogens is 582 g/mol. The third-order valence-electron chi connectivity index (χ3n) is 6.96. The number of carbonyl (C=O) groups excluding carboxylic acids is 3. The van der Waals surface area contributed by atoms with Crippen LogP contribution in [0.3, 0.4) is 0 Å². The number of allylic oxidation sites excluding steroid dienone is 3. The Kier molecular flexibility index (Phi) is 11.9. The lowest BCUT2D eigenvalue weighted by molar-refractivity contribution is -0.137. The van der Waals surface area contributed by atoms with Gasteiger partial charge in [0.1, 0.15) is 29.5 Å². The van der Waals surface area contributed by atoms with Gasteiger partial charge in [0.15, 0.2) is 6.61 Å². The number of hydrogen-bond acceptors (Lipinski definition) is 7. The SMILES string of the molecule is C=C/C=C(/NC(=O)/C(=C/CCCN)NC(=O)COc1ccc2ccccc2c1-c1c(OCC=C)ccc2ccccc12)C(=O)OC. The van der Waals surface area contributed by atoms with Crippen LogP contribution in [-0.2, 0) is 19.1 Å². The second kappa shape index (κ2) is 16.4. The number of unbranched alkanes of at least 4 members (excludes halogenated alkanes) is 1. The summed E-state index contributed by atoms with van der Waals surface area (Å²) in [4.78, 5) is 38.5. The maximum absolute atomic E-state index is 13.3. The molecule has 9 nitrogen and oxygen atoms in total. The monoisotopic (exact) mass is 619 g/mol. The Morgan fingerprint density at radius 2 is 1.41 bits per heavy atom. The molecule has 4 aromatic carbocycles. The normalized spacial score (nSPS) is 11.5. The molecule has 0 spiro atoms. The summed E-state index contributed by atoms with van der Waals surface area (Å²) >= 11 is 0. The quantitative estimate of drug-likeness (QED) is 0.0512. The molecule has 0 saturated carbocycles. The number of benzene rings is 4. The molecule has 0 aromatic heterocycles. The summed E-state index contributed by atoms with van der Waals surface area (Å²) in [5.41, 5.74) is 7.00. The average molecular weight is 620 g/mol. The van der Waals surface area contributed by atoms with Crippen molar-refractivity contribution in [1.29, 1.82) is 0 Å². The largest absolute Gasteiger partial charge is 0.489 e. The topological polar surface area (TPSA) is 129 Å². The summed E-state index contributed by atoms with van der Waals surface area (Å²) in [7, 11) is 1.19. The fourth-order valence-corrected chi connectivity index (χ4v) is 4.88. The molecule has 0 aliphatic heterocycles. The van der Waals surface area contributed by atoms with Gasteiger partial charge < -0.3 is 30.6 Å². The first kappa shape index (κ1) is 33.2. The standard InChI is InChI=1S/C37H37N3O6/c1-4-12-30(37(43)44-3)40-36(42)29(17-10-11-22-38)39-33(41)24-46-32-21-19-26-14-7-9-16-28(26)35(32)34-27-15-8-6-13-25(27)18-20-31(34)45-23-5-2/h4-9,12-21H,1-2,10-11,22-24,38H2,3H3,(H,39,41)(H,40,42)/b29-17-,30-12+. The third-order valence-corrected chi connectivity index (χ3v) is 6.96. The van der Waals surface area contributed by atoms with E-state index in [1.54, 1.807) is 12.2 Å². The minimum atomic E-state index is -0.766. The lowest BCUT2D eigenvalue weighted by Gasteiger charge is -2.19. The summed E-state index contributed by atoms with van der Waals surface area (Å²) < 4.78 is 17.0. The summed E-state index contributed by atoms with van der Waals surface area (Å²) in [6.07, 6.45) is 6.86. The van der Waals surface area contributed by atoms with Crippen LogP contribution in [0.2, 0.25) is 0 Å². The lowest BCUT2D eigenvalue weighted by atomic mass is 9.92. The van der Waals surface area contributed by atoms with E-state index in [9.17, 15) is 14.4 Å². The van der Waals surface area contributed by atoms with E-state index in [0.717, 1.165) is 32.7 Å². The van der Waals surface area contributed by atoms with Crippen molar-refractivity contribution in [3.8, 4) is 22.6 Å². The predicted octanol–water partition coefficient (Wildman–Crippen LogP) is 5.70. The molecule has 0 fully saturated rings. The first-order chi connectivity index (χ1) is 22.4. The van der Waals surface area contributed by atoms with Gasteiger partial charge in [-0.25, -0.2) is 4.79 Å². The molecule has 9 heteroatoms. The van der Waals surface area contributed by atoms with E-state index < -0.39 is 24.4 Å². The Morgan fingerprint density at radius 1 is 0.804 bits per heavy atom. The van der Waals surface area contributed by atoms with Crippen molar-refractivity contribution in [3.63, 3.8) is 0 Å². The van der Waals surface area contributed by atoms with Crippen molar-refractivity contribution in [2.45, 2.75) is 12.8 Å². The number of rotatable bonds is 15. The first-order valence-corrected chi connectivity index (χ1v) is 14.7. The zero-order valence-electron chi connectivity index (χ0n) is 25.7. The zero-order valence-corrected chi connectivity index (χ0v) is 25.7. The maximum Gasteiger partial charge on any atom is 0.354 e. The van der Waals surface area contributed by atoms with Crippen molar-refractivity contribution in [2.75, 3.05) is 26.9 Å². The smallest absolute Gasteiger partial charge is 0.354 e. The summed E-state index contributed by atoms with van der Waals surface area (Å²) in [5, 5.41) is 8.93. The van der Waals surface area contributed by atoms with Crippen LogP contribution in [-0.4, -0.2) is 44.7 Å². The Bertz CT molecular complexity index is 1820. The van der Waals surface area contributed by atoms with Crippen molar-refractivity contribution >= 4 is 39.3 Å². The van der Waals surface area contributed by atoms with Gasteiger partial charge in [0.25, 0.3) is 11.8 Å². The van der Waals surface area contributed by atoms with Gasteiger partial charge in [0.2, 0.25) is 0 Å². The van der Waals surface area contributed by atoms with Crippen LogP contribution in [0.25, 0.3) is 32.7 Å². The highest BCUT2D eigenvalue weighted by atomic mass is 16.5. The molecule has 0 aliphatic carbocycles. The molecule has 46 heavy (non-hydrogen) atoms. The number of esters is 1. The van der Waals surface area contributed by atoms with E-state index >= 15 is 0 Å². The van der Waals surface area contributed by atoms with Gasteiger partial charge >= 0.3 is 5.97 Å². The highest BCUT2D eigenvalue weighted by molar-refractivity contribution is 6.10. The van der Waals surface area contributed by atoms with E-state index in [1.807, 2.05) is 72.8 Å². The second-order valence-electron chi connectivity index (χ2n) is 10.1. The Balaban J connectivity index is 1.68. The minimum absolute atomic E-state index is 0.0613. The molecule has 0 unspecified atom stereocenters. The third kappa shape index (κ3) is 8.08. The number of amides is 2. The van der Waals surface area contributed by atoms with Crippen LogP contribution >= 0.6 is 0 Å². The number of methoxy groups -OCH3 is 1. The molecule has 4 aromatic rings. The van der Waals surface area contributed by atoms with Crippen molar-refractivity contribution < 1.29 is 28.6 Å². The van der Waals surface area contributed by atoms with Gasteiger partial charge in [-0.1, -0.05) is 92.0 Å². The first-order valence-electron chi connectivity index (χ1n) is 14.7. The summed E-state index contributed by atoms with van der Waals surface area (Å²) in [6, 6.07) is 23.5. The summed E-state index contributed by atoms with van der Waals surface area (Å²) in [6.45, 7) is 7.63. The molecule has 4 rings (SSSR count). The maximum atomic E-state index is 13.3. The van der Waals surface area contributed by atoms with Gasteiger partial charge in [0, 0.05) is 11.1 Å². The van der Waals surface area contributed by atoms with Gasteiger partial charge in [-0.3, -0.25) is 9.59 Å². The van der Waals surface area contributed by atoms with Crippen LogP contribution in [0.4, 0.5) is 0 Å². The molecule has 236 valence electrons. The van der Waals surface area contributed by atoms with Crippen molar-refractivity contribution in [3.05, 3.63) is 122 Å². The molecule has 4 N–H and O–H groups in total. The van der Waals surface area contributed by atoms with Crippen LogP contribution in [0.5, 0.6) is 11.5 Å². The molecule has 2 amide bonds. The fourth-order valence-electron chi connectivity index (χ4n) is 4.88. The molecule has 0 heterocycles. The second-order valence-corrected chi connectivity index (χ2v) is 10.1. The Hall–Kier alpha value is -5.67. The number of carbonyl (C=O) groups is 3. The van der Waals surface area contributed by atoms with Crippen LogP contribution in [0, 0.1) is 0 Å². The molecule has 0 aliphatic rings. The van der Waals surface area contributed by atoms with Crippen LogP contribution in [0.1, 0.15) is 12.8 Å². The lowest BCUT2D eigenvalue weighted by Crippen LogP contribution is -2.38. The van der Waals surface area contributed by atoms with E-state index in [0.29, 0.717) is 37.5 Å². The number of nitrogens with one attached hydrogen (secondary N) is 2. The van der Waals surface area contributed by atoms with Gasteiger partial charge in [-0.05, 0) is 59.1 Å². The number of ether oxygens (including phenoxy) is 3. The van der Waals surface area contributed by atoms with Gasteiger partial charge in [-0.15, -0.1) is 0 Å². The fraction of sp³-hybridized carbons (Fsp3) is 0.162. The Labute approximate surface area is 268 Å². The zero-order chi connectivity index (χ0) is 32.9. The average Bonchev–Trinajstić information content (AvgIpc) is 3.08. The predicted molar refractivity (Wildman–Crippen MR) is 181 cm³/mol.